The van der Waals surface area contributed by atoms with Gasteiger partial charge in [0.15, 0.2) is 17.4 Å². The molecule has 0 N–H and O–H groups in total. The Labute approximate surface area is 222 Å². The van der Waals surface area contributed by atoms with E-state index in [1.54, 1.807) is 6.20 Å². The first kappa shape index (κ1) is 26.0. The number of aromatic nitrogens is 2. The highest BCUT2D eigenvalue weighted by molar-refractivity contribution is 6.10. The maximum absolute atomic E-state index is 13.9. The lowest BCUT2D eigenvalue weighted by atomic mass is 9.99. The Balaban J connectivity index is 1.58. The van der Waals surface area contributed by atoms with E-state index in [4.69, 9.17) is 4.74 Å². The molecular weight excluding hydrogens is 484 g/mol. The molecule has 0 aliphatic carbocycles. The normalized spacial score (nSPS) is 14.0. The van der Waals surface area contributed by atoms with Crippen molar-refractivity contribution in [2.24, 2.45) is 0 Å². The number of rotatable bonds is 10. The molecular formula is C31H33F2N3O2. The Hall–Kier alpha value is -3.58. The first-order valence-corrected chi connectivity index (χ1v) is 13.3. The van der Waals surface area contributed by atoms with Crippen LogP contribution in [0.15, 0.2) is 60.8 Å². The Bertz CT molecular complexity index is 1430. The summed E-state index contributed by atoms with van der Waals surface area (Å²) in [5.74, 6) is -1.04. The van der Waals surface area contributed by atoms with Gasteiger partial charge in [0.25, 0.3) is 0 Å². The average Bonchev–Trinajstić information content (AvgIpc) is 3.51. The molecule has 2 aromatic carbocycles. The van der Waals surface area contributed by atoms with Crippen LogP contribution >= 0.6 is 0 Å². The van der Waals surface area contributed by atoms with Crippen molar-refractivity contribution in [3.63, 3.8) is 0 Å². The number of ether oxygens (including phenoxy) is 1. The molecule has 0 spiro atoms. The van der Waals surface area contributed by atoms with Crippen LogP contribution in [0.3, 0.4) is 0 Å². The molecule has 7 heteroatoms. The molecule has 0 radical (unpaired) electrons. The molecule has 38 heavy (non-hydrogen) atoms. The summed E-state index contributed by atoms with van der Waals surface area (Å²) in [7, 11) is 0. The number of Topliss-reactive ketones (excluding diaryl/α,β-unsaturated/α-hetero) is 1. The molecule has 198 valence electrons. The zero-order chi connectivity index (χ0) is 26.6. The van der Waals surface area contributed by atoms with E-state index in [1.165, 1.54) is 12.1 Å². The van der Waals surface area contributed by atoms with Crippen molar-refractivity contribution in [3.05, 3.63) is 94.9 Å². The Morgan fingerprint density at radius 2 is 1.82 bits per heavy atom. The summed E-state index contributed by atoms with van der Waals surface area (Å²) in [6.45, 7) is 7.16. The molecule has 0 unspecified atom stereocenters. The number of nitrogens with zero attached hydrogens (tertiary/aromatic N) is 3. The summed E-state index contributed by atoms with van der Waals surface area (Å²) in [6.07, 6.45) is 4.62. The van der Waals surface area contributed by atoms with Crippen molar-refractivity contribution in [2.75, 3.05) is 13.1 Å². The van der Waals surface area contributed by atoms with Crippen LogP contribution in [0.4, 0.5) is 8.78 Å². The van der Waals surface area contributed by atoms with Gasteiger partial charge in [0, 0.05) is 41.9 Å². The van der Waals surface area contributed by atoms with Crippen LogP contribution in [0.25, 0.3) is 10.9 Å². The fourth-order valence-electron chi connectivity index (χ4n) is 5.27. The molecule has 0 amide bonds. The van der Waals surface area contributed by atoms with Crippen LogP contribution in [0.1, 0.15) is 60.4 Å². The van der Waals surface area contributed by atoms with Crippen molar-refractivity contribution in [3.8, 4) is 5.75 Å². The maximum atomic E-state index is 13.9. The summed E-state index contributed by atoms with van der Waals surface area (Å²) >= 11 is 0. The van der Waals surface area contributed by atoms with Crippen molar-refractivity contribution in [1.29, 1.82) is 0 Å². The number of ketones is 1. The minimum absolute atomic E-state index is 0.00812. The number of carbonyl (C=O) groups excluding carboxylic acids is 1. The quantitative estimate of drug-likeness (QED) is 0.224. The highest BCUT2D eigenvalue weighted by atomic mass is 19.2. The zero-order valence-corrected chi connectivity index (χ0v) is 21.9. The number of aryl methyl sites for hydroxylation is 1. The van der Waals surface area contributed by atoms with Crippen molar-refractivity contribution < 1.29 is 18.3 Å². The van der Waals surface area contributed by atoms with Gasteiger partial charge in [0.05, 0.1) is 23.9 Å². The van der Waals surface area contributed by atoms with Gasteiger partial charge < -0.3 is 9.30 Å². The van der Waals surface area contributed by atoms with Crippen molar-refractivity contribution in [1.82, 2.24) is 14.5 Å². The number of halogens is 2. The molecule has 3 heterocycles. The van der Waals surface area contributed by atoms with E-state index in [9.17, 15) is 13.6 Å². The summed E-state index contributed by atoms with van der Waals surface area (Å²) < 4.78 is 35.4. The maximum Gasteiger partial charge on any atom is 0.165 e. The van der Waals surface area contributed by atoms with E-state index < -0.39 is 11.6 Å². The van der Waals surface area contributed by atoms with E-state index in [2.05, 4.69) is 14.5 Å². The molecule has 4 aromatic rings. The number of hydrogen-bond acceptors (Lipinski definition) is 4. The van der Waals surface area contributed by atoms with Crippen LogP contribution in [-0.4, -0.2) is 39.4 Å². The molecule has 5 nitrogen and oxygen atoms in total. The minimum Gasteiger partial charge on any atom is -0.491 e. The summed E-state index contributed by atoms with van der Waals surface area (Å²) in [4.78, 5) is 20.8. The summed E-state index contributed by atoms with van der Waals surface area (Å²) in [5.41, 5.74) is 4.09. The Morgan fingerprint density at radius 3 is 2.53 bits per heavy atom. The molecule has 2 aromatic heterocycles. The average molecular weight is 518 g/mol. The smallest absolute Gasteiger partial charge is 0.165 e. The second kappa shape index (κ2) is 11.4. The Kier molecular flexibility index (Phi) is 7.84. The second-order valence-corrected chi connectivity index (χ2v) is 10.2. The van der Waals surface area contributed by atoms with Gasteiger partial charge in [-0.1, -0.05) is 12.1 Å². The summed E-state index contributed by atoms with van der Waals surface area (Å²) in [6, 6.07) is 15.6. The van der Waals surface area contributed by atoms with E-state index in [1.807, 2.05) is 50.2 Å². The van der Waals surface area contributed by atoms with Gasteiger partial charge in [-0.05, 0) is 88.2 Å². The molecule has 0 atom stereocenters. The SMILES string of the molecule is CC(C)Oc1ccc2c(C(=O)CCc3ccc(F)c(F)c3)c(CN3CCCC3)n(Cc3ccccn3)c2c1. The fraction of sp³-hybridized carbons (Fsp3) is 0.355. The molecule has 5 rings (SSSR count). The lowest BCUT2D eigenvalue weighted by Gasteiger charge is -2.19. The predicted octanol–water partition coefficient (Wildman–Crippen LogP) is 6.56. The number of benzene rings is 2. The van der Waals surface area contributed by atoms with Crippen LogP contribution in [0.5, 0.6) is 5.75 Å². The van der Waals surface area contributed by atoms with Crippen molar-refractivity contribution >= 4 is 16.7 Å². The van der Waals surface area contributed by atoms with Crippen LogP contribution < -0.4 is 4.74 Å². The lowest BCUT2D eigenvalue weighted by Crippen LogP contribution is -2.22. The van der Waals surface area contributed by atoms with Crippen LogP contribution in [0, 0.1) is 11.6 Å². The van der Waals surface area contributed by atoms with Gasteiger partial charge >= 0.3 is 0 Å². The van der Waals surface area contributed by atoms with Crippen LogP contribution in [0.2, 0.25) is 0 Å². The monoisotopic (exact) mass is 517 g/mol. The second-order valence-electron chi connectivity index (χ2n) is 10.2. The standard InChI is InChI=1S/C31H33F2N3O2/c1-21(2)38-24-10-11-25-28(18-24)36(19-23-7-3-4-14-34-23)29(20-35-15-5-6-16-35)31(25)30(37)13-9-22-8-12-26(32)27(33)17-22/h3-4,7-8,10-12,14,17-18,21H,5-6,9,13,15-16,19-20H2,1-2H3. The van der Waals surface area contributed by atoms with Gasteiger partial charge in [-0.3, -0.25) is 14.7 Å². The molecule has 1 aliphatic rings. The largest absolute Gasteiger partial charge is 0.491 e. The number of pyridine rings is 1. The third-order valence-electron chi connectivity index (χ3n) is 7.04. The number of likely N-dealkylation sites (tertiary alicyclic amines) is 1. The van der Waals surface area contributed by atoms with E-state index in [-0.39, 0.29) is 18.3 Å². The summed E-state index contributed by atoms with van der Waals surface area (Å²) in [5, 5.41) is 0.876. The first-order valence-electron chi connectivity index (χ1n) is 13.3. The molecule has 0 bridgehead atoms. The van der Waals surface area contributed by atoms with Gasteiger partial charge in [0.2, 0.25) is 0 Å². The van der Waals surface area contributed by atoms with Gasteiger partial charge in [0.1, 0.15) is 5.75 Å². The highest BCUT2D eigenvalue weighted by Gasteiger charge is 2.26. The Morgan fingerprint density at radius 1 is 1.00 bits per heavy atom. The third kappa shape index (κ3) is 5.78. The van der Waals surface area contributed by atoms with Crippen LogP contribution in [-0.2, 0) is 19.5 Å². The number of carbonyl (C=O) groups is 1. The fourth-order valence-corrected chi connectivity index (χ4v) is 5.27. The van der Waals surface area contributed by atoms with Gasteiger partial charge in [-0.2, -0.15) is 0 Å². The molecule has 0 saturated carbocycles. The molecule has 1 aliphatic heterocycles. The topological polar surface area (TPSA) is 47.4 Å². The van der Waals surface area contributed by atoms with Gasteiger partial charge in [-0.15, -0.1) is 0 Å². The van der Waals surface area contributed by atoms with Crippen molar-refractivity contribution in [2.45, 2.75) is 58.7 Å². The lowest BCUT2D eigenvalue weighted by molar-refractivity contribution is 0.0982. The number of hydrogen-bond donors (Lipinski definition) is 0. The predicted molar refractivity (Wildman–Crippen MR) is 145 cm³/mol. The molecule has 1 fully saturated rings. The third-order valence-corrected chi connectivity index (χ3v) is 7.04. The molecule has 1 saturated heterocycles. The first-order chi connectivity index (χ1) is 18.4. The zero-order valence-electron chi connectivity index (χ0n) is 21.9. The van der Waals surface area contributed by atoms with Gasteiger partial charge in [-0.25, -0.2) is 8.78 Å². The van der Waals surface area contributed by atoms with E-state index in [0.717, 1.165) is 60.0 Å². The van der Waals surface area contributed by atoms with E-state index >= 15 is 0 Å². The minimum atomic E-state index is -0.894. The number of fused-ring (bicyclic) bond motifs is 1. The van der Waals surface area contributed by atoms with E-state index in [0.29, 0.717) is 30.6 Å². The highest BCUT2D eigenvalue weighted by Crippen LogP contribution is 2.33.